The number of piperidine rings is 1. The van der Waals surface area contributed by atoms with Crippen LogP contribution in [0.2, 0.25) is 0 Å². The molecule has 2 aliphatic heterocycles. The number of pyridine rings is 1. The van der Waals surface area contributed by atoms with Crippen molar-refractivity contribution in [3.8, 4) is 0 Å². The van der Waals surface area contributed by atoms with Gasteiger partial charge in [0, 0.05) is 33.4 Å². The fourth-order valence-electron chi connectivity index (χ4n) is 3.80. The third kappa shape index (κ3) is 3.21. The number of carbonyl (C=O) groups excluding carboxylic acids is 1. The first-order valence-corrected chi connectivity index (χ1v) is 9.18. The minimum atomic E-state index is -0.443. The molecule has 27 heavy (non-hydrogen) atoms. The number of aromatic nitrogens is 3. The molecule has 142 valence electrons. The van der Waals surface area contributed by atoms with Gasteiger partial charge in [0.25, 0.3) is 5.91 Å². The molecular formula is C19H24N6O2. The van der Waals surface area contributed by atoms with Crippen LogP contribution in [0, 0.1) is 0 Å². The molecule has 4 heterocycles. The number of hydrogen-bond donors (Lipinski definition) is 1. The lowest BCUT2D eigenvalue weighted by Gasteiger charge is -2.44. The SMILES string of the molecule is CN(C)c1ncc2c(n1)C1(CCN(C(=O)c3cccc(N)n3)CC1)OCC2. The van der Waals surface area contributed by atoms with Crippen molar-refractivity contribution >= 4 is 17.7 Å². The van der Waals surface area contributed by atoms with E-state index in [1.54, 1.807) is 18.2 Å². The van der Waals surface area contributed by atoms with E-state index in [4.69, 9.17) is 15.5 Å². The van der Waals surface area contributed by atoms with Crippen LogP contribution in [-0.2, 0) is 16.8 Å². The largest absolute Gasteiger partial charge is 0.384 e. The maximum Gasteiger partial charge on any atom is 0.272 e. The predicted molar refractivity (Wildman–Crippen MR) is 101 cm³/mol. The van der Waals surface area contributed by atoms with E-state index >= 15 is 0 Å². The van der Waals surface area contributed by atoms with Crippen LogP contribution >= 0.6 is 0 Å². The van der Waals surface area contributed by atoms with E-state index in [0.717, 1.165) is 17.7 Å². The molecule has 0 unspecified atom stereocenters. The summed E-state index contributed by atoms with van der Waals surface area (Å²) in [4.78, 5) is 29.8. The van der Waals surface area contributed by atoms with Crippen molar-refractivity contribution < 1.29 is 9.53 Å². The van der Waals surface area contributed by atoms with Gasteiger partial charge in [-0.3, -0.25) is 4.79 Å². The van der Waals surface area contributed by atoms with Crippen molar-refractivity contribution in [1.82, 2.24) is 19.9 Å². The number of nitrogens with zero attached hydrogens (tertiary/aromatic N) is 5. The van der Waals surface area contributed by atoms with Crippen LogP contribution in [0.5, 0.6) is 0 Å². The Morgan fingerprint density at radius 1 is 1.26 bits per heavy atom. The Bertz CT molecular complexity index is 861. The summed E-state index contributed by atoms with van der Waals surface area (Å²) in [5.41, 5.74) is 7.77. The number of nitrogen functional groups attached to an aromatic ring is 1. The Morgan fingerprint density at radius 3 is 2.74 bits per heavy atom. The Labute approximate surface area is 158 Å². The average molecular weight is 368 g/mol. The lowest BCUT2D eigenvalue weighted by molar-refractivity contribution is -0.0967. The molecule has 2 aliphatic rings. The number of hydrogen-bond acceptors (Lipinski definition) is 7. The quantitative estimate of drug-likeness (QED) is 0.851. The first-order valence-electron chi connectivity index (χ1n) is 9.18. The Kier molecular flexibility index (Phi) is 4.43. The first-order chi connectivity index (χ1) is 13.0. The first kappa shape index (κ1) is 17.7. The summed E-state index contributed by atoms with van der Waals surface area (Å²) >= 11 is 0. The molecule has 1 saturated heterocycles. The van der Waals surface area contributed by atoms with Crippen molar-refractivity contribution in [2.45, 2.75) is 24.9 Å². The monoisotopic (exact) mass is 368 g/mol. The molecule has 0 aliphatic carbocycles. The molecule has 2 aromatic rings. The van der Waals surface area contributed by atoms with Gasteiger partial charge in [-0.25, -0.2) is 15.0 Å². The maximum absolute atomic E-state index is 12.7. The van der Waals surface area contributed by atoms with E-state index in [1.165, 1.54) is 0 Å². The van der Waals surface area contributed by atoms with Crippen LogP contribution in [-0.4, -0.2) is 59.6 Å². The van der Waals surface area contributed by atoms with E-state index < -0.39 is 5.60 Å². The molecule has 8 heteroatoms. The van der Waals surface area contributed by atoms with Gasteiger partial charge in [-0.15, -0.1) is 0 Å². The maximum atomic E-state index is 12.7. The molecule has 0 bridgehead atoms. The number of carbonyl (C=O) groups is 1. The molecule has 1 fully saturated rings. The second-order valence-corrected chi connectivity index (χ2v) is 7.27. The number of fused-ring (bicyclic) bond motifs is 2. The summed E-state index contributed by atoms with van der Waals surface area (Å²) < 4.78 is 6.24. The normalized spacial score (nSPS) is 18.2. The molecule has 1 spiro atoms. The molecule has 4 rings (SSSR count). The van der Waals surface area contributed by atoms with Gasteiger partial charge in [-0.05, 0) is 37.0 Å². The van der Waals surface area contributed by atoms with Crippen molar-refractivity contribution in [2.24, 2.45) is 0 Å². The molecule has 0 saturated carbocycles. The second-order valence-electron chi connectivity index (χ2n) is 7.27. The van der Waals surface area contributed by atoms with Crippen LogP contribution in [0.3, 0.4) is 0 Å². The lowest BCUT2D eigenvalue weighted by atomic mass is 9.83. The number of anilines is 2. The highest BCUT2D eigenvalue weighted by atomic mass is 16.5. The second kappa shape index (κ2) is 6.77. The number of rotatable bonds is 2. The average Bonchev–Trinajstić information content (AvgIpc) is 2.68. The van der Waals surface area contributed by atoms with Gasteiger partial charge >= 0.3 is 0 Å². The Balaban J connectivity index is 1.56. The summed E-state index contributed by atoms with van der Waals surface area (Å²) in [5, 5.41) is 0. The third-order valence-corrected chi connectivity index (χ3v) is 5.28. The number of likely N-dealkylation sites (tertiary alicyclic amines) is 1. The van der Waals surface area contributed by atoms with Gasteiger partial charge in [0.15, 0.2) is 0 Å². The summed E-state index contributed by atoms with van der Waals surface area (Å²) in [6.45, 7) is 1.84. The molecule has 1 amide bonds. The van der Waals surface area contributed by atoms with Crippen LogP contribution in [0.1, 0.15) is 34.6 Å². The van der Waals surface area contributed by atoms with Crippen LogP contribution in [0.25, 0.3) is 0 Å². The highest BCUT2D eigenvalue weighted by Gasteiger charge is 2.43. The number of ether oxygens (including phenoxy) is 1. The van der Waals surface area contributed by atoms with E-state index in [9.17, 15) is 4.79 Å². The summed E-state index contributed by atoms with van der Waals surface area (Å²) in [7, 11) is 3.86. The van der Waals surface area contributed by atoms with Crippen molar-refractivity contribution in [3.63, 3.8) is 0 Å². The minimum Gasteiger partial charge on any atom is -0.384 e. The highest BCUT2D eigenvalue weighted by Crippen LogP contribution is 2.40. The Hall–Kier alpha value is -2.74. The molecule has 8 nitrogen and oxygen atoms in total. The molecule has 0 aromatic carbocycles. The van der Waals surface area contributed by atoms with Gasteiger partial charge in [0.1, 0.15) is 17.1 Å². The third-order valence-electron chi connectivity index (χ3n) is 5.28. The summed E-state index contributed by atoms with van der Waals surface area (Å²) in [5.74, 6) is 0.942. The van der Waals surface area contributed by atoms with Gasteiger partial charge < -0.3 is 20.3 Å². The fraction of sp³-hybridized carbons (Fsp3) is 0.474. The van der Waals surface area contributed by atoms with Crippen molar-refractivity contribution in [1.29, 1.82) is 0 Å². The van der Waals surface area contributed by atoms with Crippen LogP contribution in [0.15, 0.2) is 24.4 Å². The molecule has 0 atom stereocenters. The van der Waals surface area contributed by atoms with E-state index in [-0.39, 0.29) is 5.91 Å². The van der Waals surface area contributed by atoms with E-state index in [0.29, 0.717) is 50.0 Å². The van der Waals surface area contributed by atoms with Gasteiger partial charge in [0.2, 0.25) is 5.95 Å². The molecule has 0 radical (unpaired) electrons. The Morgan fingerprint density at radius 2 is 2.04 bits per heavy atom. The summed E-state index contributed by atoms with van der Waals surface area (Å²) in [6, 6.07) is 5.13. The molecular weight excluding hydrogens is 344 g/mol. The van der Waals surface area contributed by atoms with Crippen molar-refractivity contribution in [3.05, 3.63) is 41.3 Å². The lowest BCUT2D eigenvalue weighted by Crippen LogP contribution is -2.49. The van der Waals surface area contributed by atoms with Crippen LogP contribution in [0.4, 0.5) is 11.8 Å². The summed E-state index contributed by atoms with van der Waals surface area (Å²) in [6.07, 6.45) is 4.15. The van der Waals surface area contributed by atoms with Gasteiger partial charge in [-0.1, -0.05) is 6.07 Å². The zero-order valence-electron chi connectivity index (χ0n) is 15.7. The zero-order chi connectivity index (χ0) is 19.0. The predicted octanol–water partition coefficient (Wildman–Crippen LogP) is 1.22. The standard InChI is InChI=1S/C19H24N6O2/c1-24(2)18-21-12-13-6-11-27-19(16(13)23-18)7-9-25(10-8-19)17(26)14-4-3-5-15(20)22-14/h3-5,12H,6-11H2,1-2H3,(H2,20,22). The van der Waals surface area contributed by atoms with Gasteiger partial charge in [0.05, 0.1) is 12.3 Å². The number of nitrogens with two attached hydrogens (primary N) is 1. The molecule has 2 N–H and O–H groups in total. The fourth-order valence-corrected chi connectivity index (χ4v) is 3.80. The zero-order valence-corrected chi connectivity index (χ0v) is 15.7. The smallest absolute Gasteiger partial charge is 0.272 e. The van der Waals surface area contributed by atoms with Gasteiger partial charge in [-0.2, -0.15) is 0 Å². The topological polar surface area (TPSA) is 97.5 Å². The number of amides is 1. The minimum absolute atomic E-state index is 0.0927. The van der Waals surface area contributed by atoms with Crippen LogP contribution < -0.4 is 10.6 Å². The van der Waals surface area contributed by atoms with E-state index in [2.05, 4.69) is 9.97 Å². The molecule has 2 aromatic heterocycles. The van der Waals surface area contributed by atoms with Crippen molar-refractivity contribution in [2.75, 3.05) is 44.4 Å². The highest BCUT2D eigenvalue weighted by molar-refractivity contribution is 5.92. The van der Waals surface area contributed by atoms with E-state index in [1.807, 2.05) is 30.1 Å².